The number of hydrogen-bond donors (Lipinski definition) is 1. The van der Waals surface area contributed by atoms with Gasteiger partial charge in [0.1, 0.15) is 0 Å². The number of rotatable bonds is 6. The Morgan fingerprint density at radius 2 is 1.90 bits per heavy atom. The van der Waals surface area contributed by atoms with Gasteiger partial charge in [0.15, 0.2) is 0 Å². The summed E-state index contributed by atoms with van der Waals surface area (Å²) in [6.07, 6.45) is -2.89. The molecule has 0 spiro atoms. The van der Waals surface area contributed by atoms with Crippen LogP contribution in [0.4, 0.5) is 18.0 Å². The first kappa shape index (κ1) is 20.9. The lowest BCUT2D eigenvalue weighted by molar-refractivity contribution is -0.137. The van der Waals surface area contributed by atoms with Gasteiger partial charge in [-0.25, -0.2) is 4.79 Å². The number of urea groups is 1. The maximum atomic E-state index is 13.1. The molecule has 0 saturated heterocycles. The standard InChI is InChI=1S/C20H23F3N4O2/c1-4-9-27-15-12-26(11-10-25(2)3)18(28)16(15)17(24-19(27)29)13-5-7-14(8-6-13)20(21,22)23/h4-8,17H,1,9-12H2,2-3H3,(H,24,29)/t17-/m0/s1. The van der Waals surface area contributed by atoms with Crippen LogP contribution < -0.4 is 5.32 Å². The van der Waals surface area contributed by atoms with Crippen LogP contribution in [0.3, 0.4) is 0 Å². The van der Waals surface area contributed by atoms with Gasteiger partial charge < -0.3 is 15.1 Å². The fraction of sp³-hybridized carbons (Fsp3) is 0.400. The fourth-order valence-electron chi connectivity index (χ4n) is 3.49. The second-order valence-corrected chi connectivity index (χ2v) is 7.29. The Kier molecular flexibility index (Phi) is 5.70. The zero-order valence-electron chi connectivity index (χ0n) is 16.3. The van der Waals surface area contributed by atoms with E-state index < -0.39 is 23.8 Å². The molecule has 1 N–H and O–H groups in total. The molecule has 0 radical (unpaired) electrons. The molecule has 6 nitrogen and oxygen atoms in total. The molecule has 2 heterocycles. The van der Waals surface area contributed by atoms with Crippen LogP contribution in [0.1, 0.15) is 17.2 Å². The van der Waals surface area contributed by atoms with E-state index in [9.17, 15) is 22.8 Å². The van der Waals surface area contributed by atoms with Crippen LogP contribution in [0.25, 0.3) is 0 Å². The monoisotopic (exact) mass is 408 g/mol. The number of alkyl halides is 3. The normalized spacial score (nSPS) is 19.7. The SMILES string of the molecule is C=CCN1C(=O)N[C@@H](c2ccc(C(F)(F)F)cc2)C2=C1CN(CCN(C)C)C2=O. The van der Waals surface area contributed by atoms with Gasteiger partial charge in [0.2, 0.25) is 0 Å². The van der Waals surface area contributed by atoms with E-state index in [-0.39, 0.29) is 19.0 Å². The summed E-state index contributed by atoms with van der Waals surface area (Å²) in [5.74, 6) is -0.221. The van der Waals surface area contributed by atoms with Crippen LogP contribution in [0.15, 0.2) is 48.2 Å². The average molecular weight is 408 g/mol. The highest BCUT2D eigenvalue weighted by Crippen LogP contribution is 2.37. The van der Waals surface area contributed by atoms with Gasteiger partial charge in [-0.3, -0.25) is 9.69 Å². The third-order valence-electron chi connectivity index (χ3n) is 5.00. The van der Waals surface area contributed by atoms with Gasteiger partial charge in [-0.05, 0) is 31.8 Å². The minimum atomic E-state index is -4.45. The second kappa shape index (κ2) is 7.90. The number of nitrogens with one attached hydrogen (secondary N) is 1. The first-order chi connectivity index (χ1) is 13.6. The summed E-state index contributed by atoms with van der Waals surface area (Å²) >= 11 is 0. The second-order valence-electron chi connectivity index (χ2n) is 7.29. The number of carbonyl (C=O) groups excluding carboxylic acids is 2. The molecule has 156 valence electrons. The first-order valence-corrected chi connectivity index (χ1v) is 9.16. The van der Waals surface area contributed by atoms with Gasteiger partial charge in [-0.2, -0.15) is 13.2 Å². The third kappa shape index (κ3) is 4.14. The Morgan fingerprint density at radius 1 is 1.24 bits per heavy atom. The lowest BCUT2D eigenvalue weighted by Crippen LogP contribution is -2.47. The van der Waals surface area contributed by atoms with Crippen molar-refractivity contribution in [1.82, 2.24) is 20.0 Å². The Morgan fingerprint density at radius 3 is 2.45 bits per heavy atom. The summed E-state index contributed by atoms with van der Waals surface area (Å²) in [5, 5.41) is 2.76. The van der Waals surface area contributed by atoms with Crippen molar-refractivity contribution in [2.24, 2.45) is 0 Å². The van der Waals surface area contributed by atoms with E-state index in [1.807, 2.05) is 19.0 Å². The number of benzene rings is 1. The molecule has 2 aliphatic heterocycles. The van der Waals surface area contributed by atoms with Crippen LogP contribution in [0.5, 0.6) is 0 Å². The number of halogens is 3. The van der Waals surface area contributed by atoms with Crippen LogP contribution in [-0.4, -0.2) is 66.9 Å². The summed E-state index contributed by atoms with van der Waals surface area (Å²) in [5.41, 5.74) is 0.614. The van der Waals surface area contributed by atoms with Crippen molar-refractivity contribution < 1.29 is 22.8 Å². The molecule has 0 saturated carbocycles. The van der Waals surface area contributed by atoms with Gasteiger partial charge >= 0.3 is 12.2 Å². The molecule has 0 aliphatic carbocycles. The van der Waals surface area contributed by atoms with E-state index in [1.54, 1.807) is 11.0 Å². The third-order valence-corrected chi connectivity index (χ3v) is 5.00. The number of nitrogens with zero attached hydrogens (tertiary/aromatic N) is 3. The molecule has 3 rings (SSSR count). The zero-order valence-corrected chi connectivity index (χ0v) is 16.3. The van der Waals surface area contributed by atoms with Crippen LogP contribution in [0.2, 0.25) is 0 Å². The molecule has 9 heteroatoms. The lowest BCUT2D eigenvalue weighted by atomic mass is 9.94. The predicted molar refractivity (Wildman–Crippen MR) is 102 cm³/mol. The Balaban J connectivity index is 1.96. The number of hydrogen-bond acceptors (Lipinski definition) is 3. The van der Waals surface area contributed by atoms with Crippen LogP contribution in [0, 0.1) is 0 Å². The van der Waals surface area contributed by atoms with Gasteiger partial charge in [0.25, 0.3) is 5.91 Å². The minimum Gasteiger partial charge on any atom is -0.332 e. The first-order valence-electron chi connectivity index (χ1n) is 9.16. The Labute approximate surface area is 167 Å². The predicted octanol–water partition coefficient (Wildman–Crippen LogP) is 2.62. The maximum Gasteiger partial charge on any atom is 0.416 e. The molecule has 2 aliphatic rings. The lowest BCUT2D eigenvalue weighted by Gasteiger charge is -2.33. The highest BCUT2D eigenvalue weighted by atomic mass is 19.4. The molecule has 29 heavy (non-hydrogen) atoms. The van der Waals surface area contributed by atoms with Crippen molar-refractivity contribution in [2.75, 3.05) is 40.3 Å². The fourth-order valence-corrected chi connectivity index (χ4v) is 3.49. The Hall–Kier alpha value is -2.81. The van der Waals surface area contributed by atoms with Crippen LogP contribution in [-0.2, 0) is 11.0 Å². The average Bonchev–Trinajstić information content (AvgIpc) is 2.98. The van der Waals surface area contributed by atoms with Crippen molar-refractivity contribution in [3.05, 3.63) is 59.3 Å². The van der Waals surface area contributed by atoms with Crippen molar-refractivity contribution in [3.63, 3.8) is 0 Å². The zero-order chi connectivity index (χ0) is 21.3. The number of amides is 3. The topological polar surface area (TPSA) is 55.9 Å². The van der Waals surface area contributed by atoms with Crippen molar-refractivity contribution in [3.8, 4) is 0 Å². The number of likely N-dealkylation sites (N-methyl/N-ethyl adjacent to an activating group) is 1. The summed E-state index contributed by atoms with van der Waals surface area (Å²) in [6.45, 7) is 5.30. The highest BCUT2D eigenvalue weighted by Gasteiger charge is 2.43. The van der Waals surface area contributed by atoms with E-state index in [0.29, 0.717) is 29.9 Å². The van der Waals surface area contributed by atoms with Gasteiger partial charge in [0, 0.05) is 19.6 Å². The van der Waals surface area contributed by atoms with Gasteiger partial charge in [-0.1, -0.05) is 18.2 Å². The summed E-state index contributed by atoms with van der Waals surface area (Å²) < 4.78 is 38.6. The molecule has 0 unspecified atom stereocenters. The van der Waals surface area contributed by atoms with E-state index >= 15 is 0 Å². The molecular formula is C20H23F3N4O2. The smallest absolute Gasteiger partial charge is 0.332 e. The van der Waals surface area contributed by atoms with Gasteiger partial charge in [0.05, 0.1) is 29.4 Å². The highest BCUT2D eigenvalue weighted by molar-refractivity contribution is 6.01. The van der Waals surface area contributed by atoms with E-state index in [1.165, 1.54) is 17.0 Å². The molecular weight excluding hydrogens is 385 g/mol. The van der Waals surface area contributed by atoms with E-state index in [0.717, 1.165) is 12.1 Å². The maximum absolute atomic E-state index is 13.1. The molecule has 0 fully saturated rings. The van der Waals surface area contributed by atoms with E-state index in [4.69, 9.17) is 0 Å². The number of carbonyl (C=O) groups is 2. The van der Waals surface area contributed by atoms with Crippen molar-refractivity contribution in [2.45, 2.75) is 12.2 Å². The van der Waals surface area contributed by atoms with Crippen molar-refractivity contribution in [1.29, 1.82) is 0 Å². The molecule has 1 aromatic carbocycles. The van der Waals surface area contributed by atoms with E-state index in [2.05, 4.69) is 11.9 Å². The Bertz CT molecular complexity index is 846. The molecule has 1 aromatic rings. The largest absolute Gasteiger partial charge is 0.416 e. The molecule has 1 atom stereocenters. The summed E-state index contributed by atoms with van der Waals surface area (Å²) in [4.78, 5) is 30.8. The molecule has 3 amide bonds. The van der Waals surface area contributed by atoms with Crippen molar-refractivity contribution >= 4 is 11.9 Å². The molecule has 0 bridgehead atoms. The summed E-state index contributed by atoms with van der Waals surface area (Å²) in [7, 11) is 3.79. The minimum absolute atomic E-state index is 0.221. The summed E-state index contributed by atoms with van der Waals surface area (Å²) in [6, 6.07) is 3.32. The van der Waals surface area contributed by atoms with Crippen LogP contribution >= 0.6 is 0 Å². The van der Waals surface area contributed by atoms with Gasteiger partial charge in [-0.15, -0.1) is 6.58 Å². The molecule has 0 aromatic heterocycles. The quantitative estimate of drug-likeness (QED) is 0.737.